The molecule has 0 bridgehead atoms. The number of rotatable bonds is 16. The highest BCUT2D eigenvalue weighted by Gasteiger charge is 2.25. The van der Waals surface area contributed by atoms with Gasteiger partial charge in [0, 0.05) is 19.9 Å². The molecule has 0 rings (SSSR count). The number of unbranched alkanes of at least 4 members (excludes halogenated alkanes) is 5. The summed E-state index contributed by atoms with van der Waals surface area (Å²) < 4.78 is 30.9. The SMILES string of the molecule is CCCCCCCCC(=O)OC(COC(C)=O)COP(=O)(O)OCCN. The molecule has 0 fully saturated rings. The van der Waals surface area contributed by atoms with Crippen LogP contribution in [0.25, 0.3) is 0 Å². The Kier molecular flexibility index (Phi) is 14.5. The van der Waals surface area contributed by atoms with Gasteiger partial charge in [0.15, 0.2) is 6.10 Å². The maximum absolute atomic E-state index is 11.9. The number of carbonyl (C=O) groups excluding carboxylic acids is 2. The lowest BCUT2D eigenvalue weighted by Gasteiger charge is -2.19. The van der Waals surface area contributed by atoms with Gasteiger partial charge in [-0.1, -0.05) is 39.0 Å². The van der Waals surface area contributed by atoms with Gasteiger partial charge in [0.25, 0.3) is 0 Å². The first-order valence-electron chi connectivity index (χ1n) is 8.95. The number of esters is 2. The summed E-state index contributed by atoms with van der Waals surface area (Å²) in [6.45, 7) is 2.53. The monoisotopic (exact) mass is 397 g/mol. The van der Waals surface area contributed by atoms with Crippen LogP contribution in [0.3, 0.4) is 0 Å². The minimum atomic E-state index is -4.30. The molecule has 0 aliphatic carbocycles. The summed E-state index contributed by atoms with van der Waals surface area (Å²) in [6.07, 6.45) is 5.40. The summed E-state index contributed by atoms with van der Waals surface area (Å²) in [5.74, 6) is -1.04. The van der Waals surface area contributed by atoms with Crippen molar-refractivity contribution in [2.24, 2.45) is 5.73 Å². The van der Waals surface area contributed by atoms with Gasteiger partial charge in [0.1, 0.15) is 6.61 Å². The average Bonchev–Trinajstić information content (AvgIpc) is 2.58. The van der Waals surface area contributed by atoms with Crippen LogP contribution in [-0.4, -0.2) is 49.3 Å². The molecule has 0 aromatic carbocycles. The molecule has 0 saturated heterocycles. The molecule has 0 aromatic rings. The second-order valence-corrected chi connectivity index (χ2v) is 7.27. The third-order valence-electron chi connectivity index (χ3n) is 3.30. The molecule has 26 heavy (non-hydrogen) atoms. The fraction of sp³-hybridized carbons (Fsp3) is 0.875. The molecule has 9 nitrogen and oxygen atoms in total. The molecule has 0 aliphatic rings. The summed E-state index contributed by atoms with van der Waals surface area (Å²) >= 11 is 0. The third-order valence-corrected chi connectivity index (χ3v) is 4.29. The normalized spacial score (nSPS) is 14.5. The largest absolute Gasteiger partial charge is 0.472 e. The van der Waals surface area contributed by atoms with Crippen molar-refractivity contribution < 1.29 is 37.6 Å². The molecule has 0 amide bonds. The number of nitrogens with two attached hydrogens (primary N) is 1. The first-order chi connectivity index (χ1) is 12.3. The Hall–Kier alpha value is -0.990. The Balaban J connectivity index is 4.29. The zero-order valence-corrected chi connectivity index (χ0v) is 16.6. The molecule has 3 N–H and O–H groups in total. The summed E-state index contributed by atoms with van der Waals surface area (Å²) in [5, 5.41) is 0. The predicted octanol–water partition coefficient (Wildman–Crippen LogP) is 2.30. The highest BCUT2D eigenvalue weighted by molar-refractivity contribution is 7.47. The van der Waals surface area contributed by atoms with Crippen molar-refractivity contribution >= 4 is 19.8 Å². The Bertz CT molecular complexity index is 446. The van der Waals surface area contributed by atoms with E-state index in [1.54, 1.807) is 0 Å². The summed E-state index contributed by atoms with van der Waals surface area (Å²) in [5.41, 5.74) is 5.18. The molecule has 0 saturated carbocycles. The average molecular weight is 397 g/mol. The molecular weight excluding hydrogens is 365 g/mol. The summed E-state index contributed by atoms with van der Waals surface area (Å²) in [4.78, 5) is 32.3. The molecule has 0 radical (unpaired) electrons. The molecule has 10 heteroatoms. The van der Waals surface area contributed by atoms with Crippen LogP contribution in [0.4, 0.5) is 0 Å². The third kappa shape index (κ3) is 15.3. The van der Waals surface area contributed by atoms with Crippen LogP contribution in [0, 0.1) is 0 Å². The number of phosphoric ester groups is 1. The fourth-order valence-corrected chi connectivity index (χ4v) is 2.77. The van der Waals surface area contributed by atoms with E-state index < -0.39 is 32.5 Å². The van der Waals surface area contributed by atoms with Crippen LogP contribution in [0.2, 0.25) is 0 Å². The Morgan fingerprint density at radius 3 is 2.35 bits per heavy atom. The van der Waals surface area contributed by atoms with E-state index in [9.17, 15) is 19.0 Å². The minimum absolute atomic E-state index is 0.0536. The highest BCUT2D eigenvalue weighted by Crippen LogP contribution is 2.43. The van der Waals surface area contributed by atoms with Crippen molar-refractivity contribution in [3.05, 3.63) is 0 Å². The van der Waals surface area contributed by atoms with E-state index in [-0.39, 0.29) is 26.2 Å². The van der Waals surface area contributed by atoms with Crippen LogP contribution < -0.4 is 5.73 Å². The zero-order chi connectivity index (χ0) is 19.8. The van der Waals surface area contributed by atoms with Gasteiger partial charge in [-0.15, -0.1) is 0 Å². The maximum atomic E-state index is 11.9. The topological polar surface area (TPSA) is 134 Å². The van der Waals surface area contributed by atoms with Crippen LogP contribution in [-0.2, 0) is 32.7 Å². The number of phosphoric acid groups is 1. The van der Waals surface area contributed by atoms with Crippen LogP contribution in [0.1, 0.15) is 58.8 Å². The first kappa shape index (κ1) is 25.0. The van der Waals surface area contributed by atoms with Crippen molar-refractivity contribution in [3.8, 4) is 0 Å². The first-order valence-corrected chi connectivity index (χ1v) is 10.4. The van der Waals surface area contributed by atoms with Crippen LogP contribution >= 0.6 is 7.82 Å². The van der Waals surface area contributed by atoms with E-state index in [1.165, 1.54) is 13.3 Å². The Morgan fingerprint density at radius 1 is 1.08 bits per heavy atom. The second-order valence-electron chi connectivity index (χ2n) is 5.82. The fourth-order valence-electron chi connectivity index (χ4n) is 2.00. The number of hydrogen-bond donors (Lipinski definition) is 2. The number of ether oxygens (including phenoxy) is 2. The van der Waals surface area contributed by atoms with Gasteiger partial charge in [-0.25, -0.2) is 4.57 Å². The van der Waals surface area contributed by atoms with Gasteiger partial charge < -0.3 is 20.1 Å². The van der Waals surface area contributed by atoms with Crippen molar-refractivity contribution in [3.63, 3.8) is 0 Å². The van der Waals surface area contributed by atoms with E-state index in [0.29, 0.717) is 6.42 Å². The van der Waals surface area contributed by atoms with Gasteiger partial charge in [-0.2, -0.15) is 0 Å². The molecule has 2 unspecified atom stereocenters. The molecule has 2 atom stereocenters. The Morgan fingerprint density at radius 2 is 1.73 bits per heavy atom. The van der Waals surface area contributed by atoms with Crippen molar-refractivity contribution in [2.45, 2.75) is 64.9 Å². The van der Waals surface area contributed by atoms with Gasteiger partial charge in [0.2, 0.25) is 0 Å². The van der Waals surface area contributed by atoms with Crippen molar-refractivity contribution in [1.29, 1.82) is 0 Å². The molecule has 0 spiro atoms. The minimum Gasteiger partial charge on any atom is -0.462 e. The zero-order valence-electron chi connectivity index (χ0n) is 15.7. The molecule has 0 heterocycles. The van der Waals surface area contributed by atoms with Gasteiger partial charge in [0.05, 0.1) is 13.2 Å². The van der Waals surface area contributed by atoms with Gasteiger partial charge >= 0.3 is 19.8 Å². The van der Waals surface area contributed by atoms with Crippen LogP contribution in [0.15, 0.2) is 0 Å². The van der Waals surface area contributed by atoms with Gasteiger partial charge in [-0.3, -0.25) is 18.6 Å². The molecule has 154 valence electrons. The summed E-state index contributed by atoms with van der Waals surface area (Å²) in [6, 6.07) is 0. The maximum Gasteiger partial charge on any atom is 0.472 e. The smallest absolute Gasteiger partial charge is 0.462 e. The van der Waals surface area contributed by atoms with Crippen molar-refractivity contribution in [2.75, 3.05) is 26.4 Å². The lowest BCUT2D eigenvalue weighted by atomic mass is 10.1. The van der Waals surface area contributed by atoms with E-state index >= 15 is 0 Å². The van der Waals surface area contributed by atoms with Crippen molar-refractivity contribution in [1.82, 2.24) is 0 Å². The predicted molar refractivity (Wildman–Crippen MR) is 95.3 cm³/mol. The molecule has 0 aromatic heterocycles. The van der Waals surface area contributed by atoms with E-state index in [2.05, 4.69) is 11.4 Å². The van der Waals surface area contributed by atoms with Gasteiger partial charge in [-0.05, 0) is 6.42 Å². The quantitative estimate of drug-likeness (QED) is 0.228. The standard InChI is InChI=1S/C16H32NO8P/c1-3-4-5-6-7-8-9-16(19)25-15(12-22-14(2)18)13-24-26(20,21)23-11-10-17/h15H,3-13,17H2,1-2H3,(H,20,21). The van der Waals surface area contributed by atoms with E-state index in [1.807, 2.05) is 0 Å². The van der Waals surface area contributed by atoms with E-state index in [4.69, 9.17) is 19.7 Å². The molecular formula is C16H32NO8P. The van der Waals surface area contributed by atoms with E-state index in [0.717, 1.165) is 25.7 Å². The lowest BCUT2D eigenvalue weighted by Crippen LogP contribution is -2.29. The lowest BCUT2D eigenvalue weighted by molar-refractivity contribution is -0.160. The molecule has 0 aliphatic heterocycles. The Labute approximate surface area is 155 Å². The second kappa shape index (κ2) is 15.1. The van der Waals surface area contributed by atoms with Crippen LogP contribution in [0.5, 0.6) is 0 Å². The number of carbonyl (C=O) groups is 2. The summed E-state index contributed by atoms with van der Waals surface area (Å²) in [7, 11) is -4.30. The number of hydrogen-bond acceptors (Lipinski definition) is 8. The highest BCUT2D eigenvalue weighted by atomic mass is 31.2.